The van der Waals surface area contributed by atoms with Crippen molar-refractivity contribution in [3.8, 4) is 0 Å². The maximum atomic E-state index is 14.4. The molecule has 0 aromatic heterocycles. The Morgan fingerprint density at radius 2 is 0.882 bits per heavy atom. The zero-order valence-corrected chi connectivity index (χ0v) is 48.8. The molecular weight excluding hydrogens is 929 g/mol. The molecule has 0 saturated heterocycles. The molecule has 2 aliphatic heterocycles. The van der Waals surface area contributed by atoms with Gasteiger partial charge in [0, 0.05) is 47.5 Å². The van der Waals surface area contributed by atoms with E-state index in [9.17, 15) is 14.7 Å². The van der Waals surface area contributed by atoms with Gasteiger partial charge in [0.2, 0.25) is 17.3 Å². The number of carbonyl (C=O) groups is 2. The molecule has 0 amide bonds. The quantitative estimate of drug-likeness (QED) is 0.0213. The number of carbonyl (C=O) groups excluding carboxylic acids is 2. The van der Waals surface area contributed by atoms with E-state index < -0.39 is 22.4 Å². The Labute approximate surface area is 461 Å². The van der Waals surface area contributed by atoms with Crippen LogP contribution < -0.4 is 4.90 Å². The average molecular weight is 1030 g/mol. The fourth-order valence-electron chi connectivity index (χ4n) is 13.3. The van der Waals surface area contributed by atoms with Gasteiger partial charge in [0.15, 0.2) is 5.71 Å². The van der Waals surface area contributed by atoms with Gasteiger partial charge in [-0.2, -0.15) is 4.58 Å². The molecule has 0 atom stereocenters. The van der Waals surface area contributed by atoms with Crippen LogP contribution in [0.2, 0.25) is 0 Å². The Balaban J connectivity index is 1.03. The number of Topliss-reactive ketones (excluding diaryl/α,β-unsaturated/α-hetero) is 2. The third-order valence-corrected chi connectivity index (χ3v) is 17.7. The Morgan fingerprint density at radius 3 is 1.37 bits per heavy atom. The number of aliphatic hydroxyl groups is 1. The molecule has 5 nitrogen and oxygen atoms in total. The number of hydrogen-bond acceptors (Lipinski definition) is 4. The van der Waals surface area contributed by atoms with E-state index in [-0.39, 0.29) is 16.9 Å². The molecule has 0 radical (unpaired) electrons. The highest BCUT2D eigenvalue weighted by molar-refractivity contribution is 6.54. The molecule has 76 heavy (non-hydrogen) atoms. The second kappa shape index (κ2) is 29.8. The summed E-state index contributed by atoms with van der Waals surface area (Å²) in [4.78, 5) is 31.2. The van der Waals surface area contributed by atoms with E-state index in [1.807, 2.05) is 12.2 Å². The molecule has 0 fully saturated rings. The summed E-state index contributed by atoms with van der Waals surface area (Å²) >= 11 is 0. The van der Waals surface area contributed by atoms with Crippen molar-refractivity contribution in [2.75, 3.05) is 18.0 Å². The number of aliphatic hydroxyl groups excluding tert-OH is 1. The summed E-state index contributed by atoms with van der Waals surface area (Å²) in [5.41, 5.74) is 5.95. The van der Waals surface area contributed by atoms with Crippen molar-refractivity contribution in [3.63, 3.8) is 0 Å². The molecule has 2 heterocycles. The maximum absolute atomic E-state index is 14.4. The van der Waals surface area contributed by atoms with Gasteiger partial charge >= 0.3 is 0 Å². The number of anilines is 1. The highest BCUT2D eigenvalue weighted by Crippen LogP contribution is 2.52. The second-order valence-electron chi connectivity index (χ2n) is 24.4. The summed E-state index contributed by atoms with van der Waals surface area (Å²) in [6.07, 6.45) is 46.1. The molecule has 4 aromatic rings. The molecule has 0 saturated carbocycles. The molecule has 7 rings (SSSR count). The molecule has 4 aromatic carbocycles. The minimum atomic E-state index is -0.626. The first-order chi connectivity index (χ1) is 37.0. The van der Waals surface area contributed by atoms with Crippen molar-refractivity contribution in [2.24, 2.45) is 0 Å². The van der Waals surface area contributed by atoms with E-state index in [2.05, 4.69) is 124 Å². The number of fused-ring (bicyclic) bond motifs is 6. The van der Waals surface area contributed by atoms with Crippen LogP contribution in [0.15, 0.2) is 108 Å². The van der Waals surface area contributed by atoms with Gasteiger partial charge in [-0.1, -0.05) is 268 Å². The summed E-state index contributed by atoms with van der Waals surface area (Å²) in [6.45, 7) is 15.2. The fourth-order valence-corrected chi connectivity index (χ4v) is 13.3. The Morgan fingerprint density at radius 1 is 0.461 bits per heavy atom. The predicted molar refractivity (Wildman–Crippen MR) is 326 cm³/mol. The van der Waals surface area contributed by atoms with E-state index in [0.717, 1.165) is 61.6 Å². The fraction of sp³-hybridized carbons (Fsp3) is 0.592. The number of nitrogens with zero attached hydrogens (tertiary/aromatic N) is 2. The largest absolute Gasteiger partial charge is 0.506 e. The molecular formula is C71H101N2O3+. The van der Waals surface area contributed by atoms with Crippen molar-refractivity contribution in [2.45, 2.75) is 258 Å². The summed E-state index contributed by atoms with van der Waals surface area (Å²) in [6, 6.07) is 26.1. The van der Waals surface area contributed by atoms with E-state index in [0.29, 0.717) is 0 Å². The van der Waals surface area contributed by atoms with Gasteiger partial charge in [0.05, 0.1) is 16.6 Å². The average Bonchev–Trinajstić information content (AvgIpc) is 3.95. The van der Waals surface area contributed by atoms with Crippen molar-refractivity contribution in [3.05, 3.63) is 119 Å². The maximum Gasteiger partial charge on any atom is 0.237 e. The SMILES string of the molecule is CCCCCCCCCCCCCCCCCCN1/C(=C\C2=C(O)C(=C/C3=[N+](CCCCCCCCCCCCCCCCCC)c4ccc5ccccc5c4C3(C)C)/C(=O)C2=O)C(C)(C)c2c1ccc1ccccc21. The lowest BCUT2D eigenvalue weighted by atomic mass is 9.78. The van der Waals surface area contributed by atoms with Crippen molar-refractivity contribution in [1.29, 1.82) is 0 Å². The Bertz CT molecular complexity index is 2660. The minimum absolute atomic E-state index is 0.108. The van der Waals surface area contributed by atoms with Crippen LogP contribution in [0.4, 0.5) is 11.4 Å². The molecule has 0 bridgehead atoms. The standard InChI is InChI=1S/C71H100N2O3/c1-7-9-11-13-15-17-19-21-23-25-27-29-31-33-35-41-51-72-61-49-47-55-43-37-39-45-57(55)65(61)70(3,4)63(72)53-59-67(74)60(69(76)68(59)75)54-64-71(5,6)66-58-46-40-38-44-56(58)48-50-62(66)73(64)52-42-36-34-32-30-28-26-24-22-20-18-16-14-12-10-8-2/h37-40,43-50,53-54H,7-36,41-42,51-52H2,1-6H3/p+1. The van der Waals surface area contributed by atoms with Crippen LogP contribution in [0, 0.1) is 0 Å². The lowest BCUT2D eigenvalue weighted by molar-refractivity contribution is -0.438. The zero-order valence-electron chi connectivity index (χ0n) is 48.8. The van der Waals surface area contributed by atoms with E-state index in [4.69, 9.17) is 0 Å². The van der Waals surface area contributed by atoms with Crippen LogP contribution in [0.5, 0.6) is 0 Å². The first kappa shape index (κ1) is 58.9. The predicted octanol–water partition coefficient (Wildman–Crippen LogP) is 20.5. The lowest BCUT2D eigenvalue weighted by Gasteiger charge is -2.27. The van der Waals surface area contributed by atoms with Gasteiger partial charge in [-0.05, 0) is 72.0 Å². The van der Waals surface area contributed by atoms with E-state index in [1.165, 1.54) is 212 Å². The normalized spacial score (nSPS) is 17.0. The highest BCUT2D eigenvalue weighted by atomic mass is 16.3. The Kier molecular flexibility index (Phi) is 23.1. The summed E-state index contributed by atoms with van der Waals surface area (Å²) in [7, 11) is 0. The number of ketones is 2. The number of allylic oxidation sites excluding steroid dienone is 5. The van der Waals surface area contributed by atoms with Crippen molar-refractivity contribution >= 4 is 50.2 Å². The first-order valence-electron chi connectivity index (χ1n) is 31.5. The molecule has 0 unspecified atom stereocenters. The number of rotatable bonds is 36. The van der Waals surface area contributed by atoms with Crippen molar-refractivity contribution < 1.29 is 19.3 Å². The van der Waals surface area contributed by atoms with Gasteiger partial charge in [-0.15, -0.1) is 0 Å². The zero-order chi connectivity index (χ0) is 53.8. The minimum Gasteiger partial charge on any atom is -0.506 e. The van der Waals surface area contributed by atoms with Crippen molar-refractivity contribution in [1.82, 2.24) is 0 Å². The molecule has 3 aliphatic rings. The summed E-state index contributed by atoms with van der Waals surface area (Å²) in [5.74, 6) is -1.45. The highest BCUT2D eigenvalue weighted by Gasteiger charge is 2.48. The number of unbranched alkanes of at least 4 members (excludes halogenated alkanes) is 30. The third-order valence-electron chi connectivity index (χ3n) is 17.7. The lowest BCUT2D eigenvalue weighted by Crippen LogP contribution is -2.29. The molecule has 0 spiro atoms. The van der Waals surface area contributed by atoms with Crippen LogP contribution in [-0.4, -0.2) is 40.0 Å². The van der Waals surface area contributed by atoms with Crippen LogP contribution in [0.3, 0.4) is 0 Å². The van der Waals surface area contributed by atoms with Gasteiger partial charge in [0.25, 0.3) is 0 Å². The molecule has 5 heteroatoms. The van der Waals surface area contributed by atoms with E-state index in [1.54, 1.807) is 0 Å². The Hall–Kier alpha value is -4.77. The number of hydrogen-bond donors (Lipinski definition) is 1. The van der Waals surface area contributed by atoms with Crippen LogP contribution in [-0.2, 0) is 20.4 Å². The first-order valence-corrected chi connectivity index (χ1v) is 31.5. The molecule has 1 N–H and O–H groups in total. The molecule has 1 aliphatic carbocycles. The van der Waals surface area contributed by atoms with Gasteiger partial charge in [0.1, 0.15) is 12.3 Å². The van der Waals surface area contributed by atoms with Crippen LogP contribution in [0.25, 0.3) is 21.5 Å². The molecule has 412 valence electrons. The van der Waals surface area contributed by atoms with Gasteiger partial charge in [-0.25, -0.2) is 0 Å². The van der Waals surface area contributed by atoms with E-state index >= 15 is 0 Å². The summed E-state index contributed by atoms with van der Waals surface area (Å²) < 4.78 is 2.39. The van der Waals surface area contributed by atoms with Gasteiger partial charge < -0.3 is 10.0 Å². The van der Waals surface area contributed by atoms with Crippen LogP contribution in [0.1, 0.15) is 258 Å². The smallest absolute Gasteiger partial charge is 0.237 e. The topological polar surface area (TPSA) is 60.6 Å². The number of benzene rings is 4. The second-order valence-corrected chi connectivity index (χ2v) is 24.4. The summed E-state index contributed by atoms with van der Waals surface area (Å²) in [5, 5.41) is 17.1. The van der Waals surface area contributed by atoms with Crippen LogP contribution >= 0.6 is 0 Å². The monoisotopic (exact) mass is 1030 g/mol. The van der Waals surface area contributed by atoms with Gasteiger partial charge in [-0.3, -0.25) is 9.59 Å². The third kappa shape index (κ3) is 14.9.